The van der Waals surface area contributed by atoms with E-state index >= 15 is 0 Å². The third kappa shape index (κ3) is 4.13. The van der Waals surface area contributed by atoms with Crippen LogP contribution in [-0.4, -0.2) is 30.8 Å². The topological polar surface area (TPSA) is 67.8 Å². The Bertz CT molecular complexity index is 431. The molecule has 0 bridgehead atoms. The lowest BCUT2D eigenvalue weighted by atomic mass is 10.1. The van der Waals surface area contributed by atoms with Gasteiger partial charge in [0.05, 0.1) is 13.7 Å². The first-order valence-electron chi connectivity index (χ1n) is 6.29. The second kappa shape index (κ2) is 6.99. The monoisotopic (exact) mass is 267 g/mol. The van der Waals surface area contributed by atoms with Gasteiger partial charge in [0.25, 0.3) is 0 Å². The second-order valence-corrected chi connectivity index (χ2v) is 4.44. The highest BCUT2D eigenvalue weighted by Crippen LogP contribution is 2.29. The summed E-state index contributed by atoms with van der Waals surface area (Å²) in [4.78, 5) is 11.8. The number of esters is 1. The molecule has 5 heteroatoms. The molecule has 1 unspecified atom stereocenters. The standard InChI is InChI=1S/C14H21NO4/c1-5-19-12-8-10(6-7-11(12)16)13(14(17)18-4)15-9(2)3/h6-9,13,15-16H,5H2,1-4H3. The Morgan fingerprint density at radius 1 is 1.42 bits per heavy atom. The van der Waals surface area contributed by atoms with Crippen LogP contribution in [0.15, 0.2) is 18.2 Å². The van der Waals surface area contributed by atoms with Crippen molar-refractivity contribution in [2.45, 2.75) is 32.9 Å². The van der Waals surface area contributed by atoms with E-state index in [9.17, 15) is 9.90 Å². The smallest absolute Gasteiger partial charge is 0.327 e. The van der Waals surface area contributed by atoms with Crippen molar-refractivity contribution < 1.29 is 19.4 Å². The van der Waals surface area contributed by atoms with Crippen molar-refractivity contribution in [1.82, 2.24) is 5.32 Å². The lowest BCUT2D eigenvalue weighted by Crippen LogP contribution is -2.34. The Labute approximate surface area is 113 Å². The number of methoxy groups -OCH3 is 1. The predicted octanol–water partition coefficient (Wildman–Crippen LogP) is 2.00. The third-order valence-corrected chi connectivity index (χ3v) is 2.55. The molecular weight excluding hydrogens is 246 g/mol. The largest absolute Gasteiger partial charge is 0.504 e. The van der Waals surface area contributed by atoms with Crippen LogP contribution in [0.3, 0.4) is 0 Å². The fourth-order valence-corrected chi connectivity index (χ4v) is 1.73. The Kier molecular flexibility index (Phi) is 5.63. The van der Waals surface area contributed by atoms with Crippen molar-refractivity contribution in [2.75, 3.05) is 13.7 Å². The molecule has 2 N–H and O–H groups in total. The van der Waals surface area contributed by atoms with Gasteiger partial charge in [-0.1, -0.05) is 6.07 Å². The van der Waals surface area contributed by atoms with Gasteiger partial charge in [-0.25, -0.2) is 4.79 Å². The van der Waals surface area contributed by atoms with Crippen molar-refractivity contribution in [3.63, 3.8) is 0 Å². The summed E-state index contributed by atoms with van der Waals surface area (Å²) in [6.45, 7) is 6.16. The molecule has 0 amide bonds. The predicted molar refractivity (Wildman–Crippen MR) is 72.3 cm³/mol. The van der Waals surface area contributed by atoms with Gasteiger partial charge in [-0.15, -0.1) is 0 Å². The van der Waals surface area contributed by atoms with E-state index in [4.69, 9.17) is 9.47 Å². The van der Waals surface area contributed by atoms with E-state index in [0.29, 0.717) is 17.9 Å². The molecule has 0 aliphatic carbocycles. The molecule has 0 saturated carbocycles. The molecule has 1 aromatic carbocycles. The summed E-state index contributed by atoms with van der Waals surface area (Å²) >= 11 is 0. The molecule has 0 fully saturated rings. The van der Waals surface area contributed by atoms with Crippen LogP contribution in [0, 0.1) is 0 Å². The van der Waals surface area contributed by atoms with Crippen LogP contribution < -0.4 is 10.1 Å². The zero-order valence-corrected chi connectivity index (χ0v) is 11.8. The molecule has 1 rings (SSSR count). The molecule has 0 spiro atoms. The summed E-state index contributed by atoms with van der Waals surface area (Å²) < 4.78 is 10.1. The van der Waals surface area contributed by atoms with Crippen LogP contribution in [0.25, 0.3) is 0 Å². The summed E-state index contributed by atoms with van der Waals surface area (Å²) in [5.41, 5.74) is 0.696. The van der Waals surface area contributed by atoms with Gasteiger partial charge >= 0.3 is 5.97 Å². The van der Waals surface area contributed by atoms with Gasteiger partial charge < -0.3 is 14.6 Å². The molecule has 0 saturated heterocycles. The minimum absolute atomic E-state index is 0.0544. The molecule has 0 heterocycles. The van der Waals surface area contributed by atoms with Gasteiger partial charge in [-0.2, -0.15) is 0 Å². The molecule has 0 aliphatic heterocycles. The Hall–Kier alpha value is -1.75. The maximum atomic E-state index is 11.8. The summed E-state index contributed by atoms with van der Waals surface area (Å²) in [6, 6.07) is 4.38. The Morgan fingerprint density at radius 3 is 2.63 bits per heavy atom. The molecule has 19 heavy (non-hydrogen) atoms. The number of ether oxygens (including phenoxy) is 2. The van der Waals surface area contributed by atoms with Crippen LogP contribution in [0.1, 0.15) is 32.4 Å². The molecule has 1 aromatic rings. The number of phenols is 1. The van der Waals surface area contributed by atoms with Crippen LogP contribution in [0.2, 0.25) is 0 Å². The number of hydrogen-bond donors (Lipinski definition) is 2. The average molecular weight is 267 g/mol. The zero-order chi connectivity index (χ0) is 14.4. The maximum absolute atomic E-state index is 11.8. The summed E-state index contributed by atoms with van der Waals surface area (Å²) in [5, 5.41) is 12.8. The fraction of sp³-hybridized carbons (Fsp3) is 0.500. The van der Waals surface area contributed by atoms with E-state index < -0.39 is 6.04 Å². The summed E-state index contributed by atoms with van der Waals surface area (Å²) in [7, 11) is 1.35. The number of carbonyl (C=O) groups excluding carboxylic acids is 1. The van der Waals surface area contributed by atoms with Gasteiger partial charge in [0, 0.05) is 6.04 Å². The normalized spacial score (nSPS) is 12.3. The van der Waals surface area contributed by atoms with Crippen molar-refractivity contribution >= 4 is 5.97 Å². The van der Waals surface area contributed by atoms with Gasteiger partial charge in [0.2, 0.25) is 0 Å². The van der Waals surface area contributed by atoms with Crippen molar-refractivity contribution in [3.8, 4) is 11.5 Å². The van der Waals surface area contributed by atoms with Gasteiger partial charge in [-0.3, -0.25) is 5.32 Å². The number of rotatable bonds is 6. The van der Waals surface area contributed by atoms with E-state index in [1.807, 2.05) is 20.8 Å². The highest BCUT2D eigenvalue weighted by Gasteiger charge is 2.23. The van der Waals surface area contributed by atoms with Gasteiger partial charge in [-0.05, 0) is 38.5 Å². The van der Waals surface area contributed by atoms with Crippen LogP contribution in [0.5, 0.6) is 11.5 Å². The molecule has 0 aliphatic rings. The molecule has 5 nitrogen and oxygen atoms in total. The second-order valence-electron chi connectivity index (χ2n) is 4.44. The third-order valence-electron chi connectivity index (χ3n) is 2.55. The maximum Gasteiger partial charge on any atom is 0.327 e. The SMILES string of the molecule is CCOc1cc(C(NC(C)C)C(=O)OC)ccc1O. The molecule has 106 valence electrons. The number of hydrogen-bond acceptors (Lipinski definition) is 5. The number of aromatic hydroxyl groups is 1. The first-order valence-corrected chi connectivity index (χ1v) is 6.29. The fourth-order valence-electron chi connectivity index (χ4n) is 1.73. The van der Waals surface area contributed by atoms with Crippen molar-refractivity contribution in [3.05, 3.63) is 23.8 Å². The average Bonchev–Trinajstić information content (AvgIpc) is 2.38. The highest BCUT2D eigenvalue weighted by molar-refractivity contribution is 5.78. The summed E-state index contributed by atoms with van der Waals surface area (Å²) in [5.74, 6) is 0.0417. The van der Waals surface area contributed by atoms with Gasteiger partial charge in [0.1, 0.15) is 6.04 Å². The van der Waals surface area contributed by atoms with E-state index in [1.165, 1.54) is 13.2 Å². The van der Waals surface area contributed by atoms with Gasteiger partial charge in [0.15, 0.2) is 11.5 Å². The van der Waals surface area contributed by atoms with Crippen LogP contribution in [-0.2, 0) is 9.53 Å². The Morgan fingerprint density at radius 2 is 2.11 bits per heavy atom. The zero-order valence-electron chi connectivity index (χ0n) is 11.8. The van der Waals surface area contributed by atoms with Crippen molar-refractivity contribution in [1.29, 1.82) is 0 Å². The Balaban J connectivity index is 3.07. The molecule has 1 atom stereocenters. The van der Waals surface area contributed by atoms with E-state index in [2.05, 4.69) is 5.32 Å². The molecule has 0 radical (unpaired) electrons. The number of carbonyl (C=O) groups is 1. The van der Waals surface area contributed by atoms with E-state index in [-0.39, 0.29) is 17.8 Å². The number of benzene rings is 1. The minimum atomic E-state index is -0.579. The number of nitrogens with one attached hydrogen (secondary N) is 1. The lowest BCUT2D eigenvalue weighted by molar-refractivity contribution is -0.143. The first-order chi connectivity index (χ1) is 8.99. The van der Waals surface area contributed by atoms with Crippen LogP contribution in [0.4, 0.5) is 0 Å². The molecule has 0 aromatic heterocycles. The van der Waals surface area contributed by atoms with Crippen LogP contribution >= 0.6 is 0 Å². The lowest BCUT2D eigenvalue weighted by Gasteiger charge is -2.20. The summed E-state index contributed by atoms with van der Waals surface area (Å²) in [6.07, 6.45) is 0. The molecular formula is C14H21NO4. The van der Waals surface area contributed by atoms with E-state index in [0.717, 1.165) is 0 Å². The first kappa shape index (κ1) is 15.3. The van der Waals surface area contributed by atoms with Crippen molar-refractivity contribution in [2.24, 2.45) is 0 Å². The number of phenolic OH excluding ortho intramolecular Hbond substituents is 1. The highest BCUT2D eigenvalue weighted by atomic mass is 16.5. The quantitative estimate of drug-likeness (QED) is 0.772. The minimum Gasteiger partial charge on any atom is -0.504 e. The van der Waals surface area contributed by atoms with E-state index in [1.54, 1.807) is 12.1 Å².